The zero-order chi connectivity index (χ0) is 14.4. The highest BCUT2D eigenvalue weighted by Crippen LogP contribution is 2.43. The molecule has 0 aliphatic carbocycles. The number of Topliss-reactive ketones (excluding diaryl/α,β-unsaturated/α-hetero) is 1. The highest BCUT2D eigenvalue weighted by molar-refractivity contribution is 5.99. The minimum absolute atomic E-state index is 0.156. The highest BCUT2D eigenvalue weighted by atomic mass is 19.1. The van der Waals surface area contributed by atoms with Crippen molar-refractivity contribution >= 4 is 5.78 Å². The first-order valence-corrected chi connectivity index (χ1v) is 6.63. The number of rotatable bonds is 2. The van der Waals surface area contributed by atoms with E-state index in [1.807, 2.05) is 34.6 Å². The van der Waals surface area contributed by atoms with E-state index in [1.54, 1.807) is 12.1 Å². The summed E-state index contributed by atoms with van der Waals surface area (Å²) >= 11 is 0. The van der Waals surface area contributed by atoms with Crippen molar-refractivity contribution in [3.8, 4) is 0 Å². The Morgan fingerprint density at radius 2 is 1.95 bits per heavy atom. The molecule has 19 heavy (non-hydrogen) atoms. The average Bonchev–Trinajstić information content (AvgIpc) is 2.49. The molecule has 2 nitrogen and oxygen atoms in total. The predicted octanol–water partition coefficient (Wildman–Crippen LogP) is 3.91. The second-order valence-electron chi connectivity index (χ2n) is 6.57. The van der Waals surface area contributed by atoms with Gasteiger partial charge >= 0.3 is 0 Å². The first kappa shape index (κ1) is 14.2. The second kappa shape index (κ2) is 4.41. The number of halogens is 1. The van der Waals surface area contributed by atoms with Gasteiger partial charge in [-0.3, -0.25) is 4.79 Å². The van der Waals surface area contributed by atoms with Gasteiger partial charge in [0.2, 0.25) is 0 Å². The van der Waals surface area contributed by atoms with Gasteiger partial charge < -0.3 is 4.74 Å². The molecule has 1 aliphatic rings. The molecular formula is C16H21FO2. The topological polar surface area (TPSA) is 26.3 Å². The van der Waals surface area contributed by atoms with Crippen LogP contribution < -0.4 is 0 Å². The van der Waals surface area contributed by atoms with Crippen LogP contribution in [0.25, 0.3) is 0 Å². The lowest BCUT2D eigenvalue weighted by atomic mass is 9.81. The Labute approximate surface area is 114 Å². The summed E-state index contributed by atoms with van der Waals surface area (Å²) in [5, 5.41) is 0. The van der Waals surface area contributed by atoms with Crippen molar-refractivity contribution in [1.82, 2.24) is 0 Å². The first-order valence-electron chi connectivity index (χ1n) is 6.63. The molecule has 1 saturated heterocycles. The first-order chi connectivity index (χ1) is 8.62. The minimum atomic E-state index is -0.559. The van der Waals surface area contributed by atoms with E-state index >= 15 is 0 Å². The van der Waals surface area contributed by atoms with E-state index in [1.165, 1.54) is 6.07 Å². The quantitative estimate of drug-likeness (QED) is 0.757. The van der Waals surface area contributed by atoms with Crippen molar-refractivity contribution in [2.75, 3.05) is 0 Å². The number of hydrogen-bond donors (Lipinski definition) is 0. The van der Waals surface area contributed by atoms with Crippen LogP contribution in [-0.4, -0.2) is 17.0 Å². The van der Waals surface area contributed by atoms with Crippen LogP contribution in [0.3, 0.4) is 0 Å². The van der Waals surface area contributed by atoms with Crippen molar-refractivity contribution < 1.29 is 13.9 Å². The largest absolute Gasteiger partial charge is 0.369 e. The summed E-state index contributed by atoms with van der Waals surface area (Å²) in [5.74, 6) is -0.910. The molecule has 0 bridgehead atoms. The van der Waals surface area contributed by atoms with Crippen LogP contribution in [0.1, 0.15) is 50.0 Å². The van der Waals surface area contributed by atoms with E-state index < -0.39 is 11.4 Å². The molecule has 0 N–H and O–H groups in total. The van der Waals surface area contributed by atoms with Gasteiger partial charge in [-0.15, -0.1) is 0 Å². The van der Waals surface area contributed by atoms with Crippen LogP contribution >= 0.6 is 0 Å². The molecule has 1 fully saturated rings. The fraction of sp³-hybridized carbons (Fsp3) is 0.562. The summed E-state index contributed by atoms with van der Waals surface area (Å²) in [5.41, 5.74) is 0.168. The predicted molar refractivity (Wildman–Crippen MR) is 72.8 cm³/mol. The van der Waals surface area contributed by atoms with Gasteiger partial charge in [-0.2, -0.15) is 0 Å². The maximum Gasteiger partial charge on any atom is 0.171 e. The maximum atomic E-state index is 13.9. The Morgan fingerprint density at radius 1 is 1.32 bits per heavy atom. The third-order valence-corrected chi connectivity index (χ3v) is 3.78. The van der Waals surface area contributed by atoms with E-state index in [2.05, 4.69) is 0 Å². The number of carbonyl (C=O) groups is 1. The van der Waals surface area contributed by atoms with Gasteiger partial charge in [0.1, 0.15) is 5.82 Å². The molecule has 1 aromatic rings. The van der Waals surface area contributed by atoms with Crippen molar-refractivity contribution in [3.63, 3.8) is 0 Å². The summed E-state index contributed by atoms with van der Waals surface area (Å²) < 4.78 is 19.8. The van der Waals surface area contributed by atoms with E-state index in [4.69, 9.17) is 4.74 Å². The third kappa shape index (κ3) is 2.71. The number of carbonyl (C=O) groups excluding carboxylic acids is 1. The molecule has 0 saturated carbocycles. The lowest BCUT2D eigenvalue weighted by Gasteiger charge is -2.26. The van der Waals surface area contributed by atoms with Crippen LogP contribution in [0.5, 0.6) is 0 Å². The number of hydrogen-bond acceptors (Lipinski definition) is 2. The van der Waals surface area contributed by atoms with Crippen molar-refractivity contribution in [3.05, 3.63) is 35.1 Å². The van der Waals surface area contributed by atoms with E-state index in [-0.39, 0.29) is 22.9 Å². The normalized spacial score (nSPS) is 24.4. The van der Waals surface area contributed by atoms with E-state index in [9.17, 15) is 9.18 Å². The summed E-state index contributed by atoms with van der Waals surface area (Å²) in [6.07, 6.45) is 0.617. The Bertz CT molecular complexity index is 517. The van der Waals surface area contributed by atoms with Gasteiger partial charge in [0, 0.05) is 0 Å². The van der Waals surface area contributed by atoms with Crippen LogP contribution in [-0.2, 0) is 4.74 Å². The lowest BCUT2D eigenvalue weighted by molar-refractivity contribution is -0.0712. The van der Waals surface area contributed by atoms with Crippen molar-refractivity contribution in [1.29, 1.82) is 0 Å². The zero-order valence-electron chi connectivity index (χ0n) is 12.2. The fourth-order valence-corrected chi connectivity index (χ4v) is 2.99. The summed E-state index contributed by atoms with van der Waals surface area (Å²) in [6.45, 7) is 9.59. The van der Waals surface area contributed by atoms with Crippen LogP contribution in [0.15, 0.2) is 18.2 Å². The Balaban J connectivity index is 2.37. The molecule has 2 rings (SSSR count). The third-order valence-electron chi connectivity index (χ3n) is 3.78. The van der Waals surface area contributed by atoms with Gasteiger partial charge in [0.25, 0.3) is 0 Å². The molecule has 3 heteroatoms. The zero-order valence-corrected chi connectivity index (χ0v) is 12.2. The van der Waals surface area contributed by atoms with Gasteiger partial charge in [-0.25, -0.2) is 4.39 Å². The van der Waals surface area contributed by atoms with E-state index in [0.717, 1.165) is 5.56 Å². The van der Waals surface area contributed by atoms with Gasteiger partial charge in [0.05, 0.1) is 22.7 Å². The van der Waals surface area contributed by atoms with Crippen LogP contribution in [0, 0.1) is 18.7 Å². The van der Waals surface area contributed by atoms with Gasteiger partial charge in [-0.05, 0) is 53.2 Å². The van der Waals surface area contributed by atoms with Gasteiger partial charge in [0.15, 0.2) is 5.78 Å². The monoisotopic (exact) mass is 264 g/mol. The smallest absolute Gasteiger partial charge is 0.171 e. The Hall–Kier alpha value is -1.22. The minimum Gasteiger partial charge on any atom is -0.369 e. The van der Waals surface area contributed by atoms with E-state index in [0.29, 0.717) is 6.42 Å². The molecule has 0 aromatic heterocycles. The Kier molecular flexibility index (Phi) is 3.29. The Morgan fingerprint density at radius 3 is 2.47 bits per heavy atom. The van der Waals surface area contributed by atoms with Crippen LogP contribution in [0.4, 0.5) is 4.39 Å². The number of aryl methyl sites for hydroxylation is 1. The molecule has 1 heterocycles. The fourth-order valence-electron chi connectivity index (χ4n) is 2.99. The standard InChI is InChI=1S/C16H21FO2/c1-10-6-7-13(17)11(8-10)14(18)12-9-15(2,3)19-16(12,4)5/h6-8,12H,9H2,1-5H3. The summed E-state index contributed by atoms with van der Waals surface area (Å²) in [7, 11) is 0. The lowest BCUT2D eigenvalue weighted by Crippen LogP contribution is -2.34. The molecule has 0 radical (unpaired) electrons. The maximum absolute atomic E-state index is 13.9. The summed E-state index contributed by atoms with van der Waals surface area (Å²) in [4.78, 5) is 12.6. The van der Waals surface area contributed by atoms with Crippen molar-refractivity contribution in [2.24, 2.45) is 5.92 Å². The second-order valence-corrected chi connectivity index (χ2v) is 6.57. The SMILES string of the molecule is Cc1ccc(F)c(C(=O)C2CC(C)(C)OC2(C)C)c1. The molecule has 104 valence electrons. The number of ether oxygens (including phenoxy) is 1. The highest BCUT2D eigenvalue weighted by Gasteiger charge is 2.49. The average molecular weight is 264 g/mol. The molecular weight excluding hydrogens is 243 g/mol. The van der Waals surface area contributed by atoms with Gasteiger partial charge in [-0.1, -0.05) is 11.6 Å². The summed E-state index contributed by atoms with van der Waals surface area (Å²) in [6, 6.07) is 4.65. The number of benzene rings is 1. The molecule has 1 aromatic carbocycles. The molecule has 0 spiro atoms. The molecule has 1 aliphatic heterocycles. The molecule has 1 unspecified atom stereocenters. The molecule has 0 amide bonds. The van der Waals surface area contributed by atoms with Crippen LogP contribution in [0.2, 0.25) is 0 Å². The van der Waals surface area contributed by atoms with Crippen molar-refractivity contribution in [2.45, 2.75) is 52.2 Å². The number of ketones is 1. The molecule has 1 atom stereocenters.